The van der Waals surface area contributed by atoms with Crippen molar-refractivity contribution in [2.24, 2.45) is 10.3 Å². The maximum absolute atomic E-state index is 10.7. The van der Waals surface area contributed by atoms with Crippen molar-refractivity contribution in [3.63, 3.8) is 0 Å². The van der Waals surface area contributed by atoms with E-state index in [2.05, 4.69) is 10.3 Å². The van der Waals surface area contributed by atoms with Gasteiger partial charge in [0.15, 0.2) is 0 Å². The Balaban J connectivity index is 0.000000385. The molecule has 0 spiro atoms. The van der Waals surface area contributed by atoms with Gasteiger partial charge in [-0.05, 0) is 25.5 Å². The Labute approximate surface area is 101 Å². The molecule has 1 rings (SSSR count). The largest absolute Gasteiger partial charge is 0.341 e. The van der Waals surface area contributed by atoms with E-state index in [0.717, 1.165) is 11.1 Å². The molecule has 0 radical (unpaired) electrons. The maximum Gasteiger partial charge on any atom is 0.341 e. The van der Waals surface area contributed by atoms with Crippen molar-refractivity contribution < 1.29 is 14.6 Å². The van der Waals surface area contributed by atoms with Crippen LogP contribution in [0.15, 0.2) is 18.2 Å². The molecule has 0 unspecified atom stereocenters. The first kappa shape index (κ1) is 15.4. The number of halogens is 1. The van der Waals surface area contributed by atoms with Crippen LogP contribution in [0.1, 0.15) is 11.1 Å². The van der Waals surface area contributed by atoms with Gasteiger partial charge in [-0.15, -0.1) is 0 Å². The maximum atomic E-state index is 10.7. The minimum absolute atomic E-state index is 0.514. The third kappa shape index (κ3) is 7.68. The number of benzene rings is 1. The van der Waals surface area contributed by atoms with Gasteiger partial charge in [0.1, 0.15) is 0 Å². The van der Waals surface area contributed by atoms with Gasteiger partial charge in [-0.25, -0.2) is 16.4 Å². The summed E-state index contributed by atoms with van der Waals surface area (Å²) in [6, 6.07) is 5.38. The van der Waals surface area contributed by atoms with Crippen LogP contribution in [0.25, 0.3) is 0 Å². The van der Waals surface area contributed by atoms with Gasteiger partial charge < -0.3 is 0 Å². The molecule has 0 aliphatic carbocycles. The Morgan fingerprint density at radius 3 is 1.88 bits per heavy atom. The highest BCUT2D eigenvalue weighted by molar-refractivity contribution is 14.2. The van der Waals surface area contributed by atoms with Crippen molar-refractivity contribution in [3.8, 4) is 0 Å². The van der Waals surface area contributed by atoms with E-state index in [9.17, 15) is 14.6 Å². The Hall–Kier alpha value is -0.580. The highest BCUT2D eigenvalue weighted by Crippen LogP contribution is 2.21. The molecule has 4 N–H and O–H groups in total. The molecular weight excluding hydrogens is 347 g/mol. The molecule has 1 aromatic rings. The first-order valence-corrected chi connectivity index (χ1v) is 8.49. The molecule has 0 aliphatic rings. The molecule has 0 aliphatic heterocycles. The molecule has 0 atom stereocenters. The molecule has 0 aromatic heterocycles. The Morgan fingerprint density at radius 2 is 1.56 bits per heavy atom. The molecule has 0 saturated carbocycles. The average molecular weight is 360 g/mol. The highest BCUT2D eigenvalue weighted by atomic mass is 127. The number of hydrogen-bond acceptors (Lipinski definition) is 4. The summed E-state index contributed by atoms with van der Waals surface area (Å²) in [5.41, 5.74) is 1.96. The number of nitrogens with two attached hydrogens (primary N) is 2. The lowest BCUT2D eigenvalue weighted by molar-refractivity contribution is 0.599. The SMILES string of the molecule is Cc1ccc(I(=O)=O)c(C)c1.NS(N)(=O)=O. The second-order valence-corrected chi connectivity index (χ2v) is 6.64. The monoisotopic (exact) mass is 360 g/mol. The third-order valence-corrected chi connectivity index (χ3v) is 3.64. The summed E-state index contributed by atoms with van der Waals surface area (Å²) in [4.78, 5) is 0. The van der Waals surface area contributed by atoms with E-state index in [1.165, 1.54) is 0 Å². The van der Waals surface area contributed by atoms with E-state index in [0.29, 0.717) is 3.57 Å². The van der Waals surface area contributed by atoms with E-state index in [1.54, 1.807) is 6.07 Å². The second kappa shape index (κ2) is 6.23. The van der Waals surface area contributed by atoms with Crippen LogP contribution in [0.2, 0.25) is 0 Å². The smallest absolute Gasteiger partial charge is 0.230 e. The third-order valence-electron chi connectivity index (χ3n) is 1.48. The van der Waals surface area contributed by atoms with Crippen LogP contribution in [-0.2, 0) is 16.3 Å². The summed E-state index contributed by atoms with van der Waals surface area (Å²) in [5.74, 6) is 0. The lowest BCUT2D eigenvalue weighted by Gasteiger charge is -1.96. The van der Waals surface area contributed by atoms with Gasteiger partial charge >= 0.3 is 19.8 Å². The van der Waals surface area contributed by atoms with Crippen molar-refractivity contribution in [3.05, 3.63) is 32.9 Å². The number of aryl methyl sites for hydroxylation is 2. The van der Waals surface area contributed by atoms with Gasteiger partial charge in [-0.2, -0.15) is 8.42 Å². The molecule has 0 amide bonds. The first-order chi connectivity index (χ1) is 7.11. The van der Waals surface area contributed by atoms with Crippen molar-refractivity contribution in [2.75, 3.05) is 0 Å². The summed E-state index contributed by atoms with van der Waals surface area (Å²) >= 11 is -3.25. The lowest BCUT2D eigenvalue weighted by atomic mass is 10.2. The fraction of sp³-hybridized carbons (Fsp3) is 0.250. The van der Waals surface area contributed by atoms with E-state index >= 15 is 0 Å². The summed E-state index contributed by atoms with van der Waals surface area (Å²) in [5, 5.41) is 8.21. The summed E-state index contributed by atoms with van der Waals surface area (Å²) in [7, 11) is -3.67. The van der Waals surface area contributed by atoms with E-state index in [4.69, 9.17) is 0 Å². The van der Waals surface area contributed by atoms with Gasteiger partial charge in [-0.3, -0.25) is 0 Å². The predicted molar refractivity (Wildman–Crippen MR) is 67.3 cm³/mol. The fourth-order valence-corrected chi connectivity index (χ4v) is 2.29. The molecule has 16 heavy (non-hydrogen) atoms. The molecule has 8 heteroatoms. The summed E-state index contributed by atoms with van der Waals surface area (Å²) in [6.45, 7) is 3.77. The Morgan fingerprint density at radius 1 is 1.12 bits per heavy atom. The van der Waals surface area contributed by atoms with Crippen LogP contribution in [0.3, 0.4) is 0 Å². The molecule has 92 valence electrons. The minimum Gasteiger partial charge on any atom is -0.230 e. The Bertz CT molecular complexity index is 521. The van der Waals surface area contributed by atoms with Crippen LogP contribution in [-0.4, -0.2) is 8.42 Å². The first-order valence-electron chi connectivity index (χ1n) is 4.04. The van der Waals surface area contributed by atoms with E-state index < -0.39 is 30.0 Å². The fourth-order valence-electron chi connectivity index (χ4n) is 0.968. The van der Waals surface area contributed by atoms with Gasteiger partial charge in [0.05, 0.1) is 3.57 Å². The normalized spacial score (nSPS) is 10.8. The predicted octanol–water partition coefficient (Wildman–Crippen LogP) is 0.819. The van der Waals surface area contributed by atoms with Crippen molar-refractivity contribution >= 4 is 30.0 Å². The zero-order valence-corrected chi connectivity index (χ0v) is 11.8. The molecule has 0 bridgehead atoms. The molecule has 0 fully saturated rings. The van der Waals surface area contributed by atoms with E-state index in [-0.39, 0.29) is 0 Å². The van der Waals surface area contributed by atoms with Gasteiger partial charge in [0.25, 0.3) is 10.2 Å². The highest BCUT2D eigenvalue weighted by Gasteiger charge is 2.01. The van der Waals surface area contributed by atoms with Crippen molar-refractivity contribution in [1.29, 1.82) is 0 Å². The van der Waals surface area contributed by atoms with Gasteiger partial charge in [-0.1, -0.05) is 17.7 Å². The van der Waals surface area contributed by atoms with Crippen LogP contribution < -0.4 is 10.3 Å². The molecule has 1 aromatic carbocycles. The van der Waals surface area contributed by atoms with Crippen LogP contribution >= 0.6 is 19.8 Å². The number of rotatable bonds is 1. The average Bonchev–Trinajstić information content (AvgIpc) is 1.99. The molecular formula is C8H13IN2O4S. The summed E-state index contributed by atoms with van der Waals surface area (Å²) in [6.07, 6.45) is 0. The molecule has 0 heterocycles. The zero-order valence-electron chi connectivity index (χ0n) is 8.81. The van der Waals surface area contributed by atoms with Gasteiger partial charge in [0, 0.05) is 0 Å². The lowest BCUT2D eigenvalue weighted by Crippen LogP contribution is -2.21. The van der Waals surface area contributed by atoms with Crippen LogP contribution in [0.5, 0.6) is 0 Å². The summed E-state index contributed by atoms with van der Waals surface area (Å²) < 4.78 is 40.2. The Kier molecular flexibility index (Phi) is 6.00. The topological polar surface area (TPSA) is 120 Å². The minimum atomic E-state index is -3.67. The molecule has 0 saturated heterocycles. The van der Waals surface area contributed by atoms with E-state index in [1.807, 2.05) is 26.0 Å². The second-order valence-electron chi connectivity index (χ2n) is 3.06. The van der Waals surface area contributed by atoms with Crippen molar-refractivity contribution in [2.45, 2.75) is 13.8 Å². The standard InChI is InChI=1S/C8H9IO2.H4N2O2S/c1-6-3-4-8(9(10)11)7(2)5-6;1-5(2,3)4/h3-5H,1-2H3;(H4,1,2,3,4). The van der Waals surface area contributed by atoms with Crippen LogP contribution in [0.4, 0.5) is 0 Å². The quantitative estimate of drug-likeness (QED) is 0.720. The number of hydrogen-bond donors (Lipinski definition) is 2. The molecule has 6 nitrogen and oxygen atoms in total. The van der Waals surface area contributed by atoms with Crippen molar-refractivity contribution in [1.82, 2.24) is 0 Å². The zero-order chi connectivity index (χ0) is 12.9. The van der Waals surface area contributed by atoms with Crippen LogP contribution in [0, 0.1) is 17.4 Å². The van der Waals surface area contributed by atoms with Gasteiger partial charge in [0.2, 0.25) is 0 Å².